The molecule has 1 aliphatic rings. The number of hydrogen-bond donors (Lipinski definition) is 0. The molecule has 1 heterocycles. The summed E-state index contributed by atoms with van der Waals surface area (Å²) in [5.74, 6) is 0.475. The van der Waals surface area contributed by atoms with Crippen LogP contribution in [0, 0.1) is 0 Å². The van der Waals surface area contributed by atoms with Gasteiger partial charge in [-0.05, 0) is 25.5 Å². The van der Waals surface area contributed by atoms with Crippen LogP contribution >= 0.6 is 11.6 Å². The van der Waals surface area contributed by atoms with Crippen LogP contribution in [0.5, 0.6) is 11.5 Å². The number of rotatable bonds is 7. The lowest BCUT2D eigenvalue weighted by molar-refractivity contribution is 0.0720. The van der Waals surface area contributed by atoms with E-state index in [0.29, 0.717) is 30.1 Å². The third-order valence-corrected chi connectivity index (χ3v) is 6.03. The lowest BCUT2D eigenvalue weighted by Crippen LogP contribution is -2.41. The van der Waals surface area contributed by atoms with Crippen molar-refractivity contribution in [3.05, 3.63) is 35.4 Å². The van der Waals surface area contributed by atoms with E-state index >= 15 is 0 Å². The Morgan fingerprint density at radius 3 is 2.72 bits per heavy atom. The number of ether oxygens (including phenoxy) is 2. The Bertz CT molecular complexity index is 763. The maximum Gasteiger partial charge on any atom is 0.254 e. The maximum atomic E-state index is 13.0. The number of benzene rings is 1. The summed E-state index contributed by atoms with van der Waals surface area (Å²) in [5, 5.41) is 0.266. The van der Waals surface area contributed by atoms with E-state index in [9.17, 15) is 13.2 Å². The van der Waals surface area contributed by atoms with Crippen LogP contribution in [0.2, 0.25) is 5.02 Å². The molecule has 1 atom stereocenters. The zero-order valence-corrected chi connectivity index (χ0v) is 15.9. The summed E-state index contributed by atoms with van der Waals surface area (Å²) in [7, 11) is -1.64. The van der Waals surface area contributed by atoms with Crippen molar-refractivity contribution in [2.24, 2.45) is 0 Å². The van der Waals surface area contributed by atoms with Gasteiger partial charge in [0.15, 0.2) is 21.3 Å². The van der Waals surface area contributed by atoms with E-state index in [1.807, 2.05) is 6.92 Å². The first kappa shape index (κ1) is 19.6. The quantitative estimate of drug-likeness (QED) is 0.672. The van der Waals surface area contributed by atoms with Crippen LogP contribution in [-0.4, -0.2) is 57.0 Å². The fourth-order valence-corrected chi connectivity index (χ4v) is 4.85. The fraction of sp³-hybridized carbons (Fsp3) is 0.471. The van der Waals surface area contributed by atoms with Crippen LogP contribution in [0.1, 0.15) is 23.7 Å². The zero-order valence-electron chi connectivity index (χ0n) is 14.3. The molecule has 0 unspecified atom stereocenters. The molecule has 0 saturated carbocycles. The lowest BCUT2D eigenvalue weighted by atomic mass is 10.1. The Morgan fingerprint density at radius 2 is 2.20 bits per heavy atom. The highest BCUT2D eigenvalue weighted by Crippen LogP contribution is 2.37. The van der Waals surface area contributed by atoms with Crippen molar-refractivity contribution in [3.63, 3.8) is 0 Å². The number of methoxy groups -OCH3 is 1. The second kappa shape index (κ2) is 8.10. The van der Waals surface area contributed by atoms with Gasteiger partial charge in [-0.15, -0.1) is 6.58 Å². The van der Waals surface area contributed by atoms with Gasteiger partial charge in [-0.3, -0.25) is 4.79 Å². The molecule has 0 aromatic heterocycles. The number of carbonyl (C=O) groups excluding carboxylic acids is 1. The number of halogens is 1. The van der Waals surface area contributed by atoms with Crippen molar-refractivity contribution >= 4 is 27.3 Å². The number of amides is 1. The molecule has 0 aliphatic carbocycles. The highest BCUT2D eigenvalue weighted by Gasteiger charge is 2.34. The Hall–Kier alpha value is -1.73. The summed E-state index contributed by atoms with van der Waals surface area (Å²) < 4.78 is 34.2. The summed E-state index contributed by atoms with van der Waals surface area (Å²) in [5.41, 5.74) is 0.316. The van der Waals surface area contributed by atoms with E-state index in [0.717, 1.165) is 0 Å². The average Bonchev–Trinajstić information content (AvgIpc) is 2.93. The highest BCUT2D eigenvalue weighted by atomic mass is 35.5. The van der Waals surface area contributed by atoms with Crippen molar-refractivity contribution in [1.82, 2.24) is 4.90 Å². The van der Waals surface area contributed by atoms with E-state index in [1.54, 1.807) is 12.1 Å². The van der Waals surface area contributed by atoms with Gasteiger partial charge in [0.1, 0.15) is 0 Å². The van der Waals surface area contributed by atoms with Crippen molar-refractivity contribution in [2.75, 3.05) is 31.8 Å². The molecule has 1 fully saturated rings. The summed E-state index contributed by atoms with van der Waals surface area (Å²) in [6, 6.07) is 2.70. The minimum Gasteiger partial charge on any atom is -0.493 e. The minimum absolute atomic E-state index is 0.0333. The van der Waals surface area contributed by atoms with Gasteiger partial charge in [0.05, 0.1) is 30.2 Å². The topological polar surface area (TPSA) is 72.9 Å². The zero-order chi connectivity index (χ0) is 18.6. The molecular formula is C17H22ClNO5S. The van der Waals surface area contributed by atoms with Gasteiger partial charge >= 0.3 is 0 Å². The Labute approximate surface area is 153 Å². The highest BCUT2D eigenvalue weighted by molar-refractivity contribution is 7.91. The molecule has 6 nitrogen and oxygen atoms in total. The van der Waals surface area contributed by atoms with Gasteiger partial charge in [0.2, 0.25) is 0 Å². The van der Waals surface area contributed by atoms with Crippen molar-refractivity contribution in [1.29, 1.82) is 0 Å². The number of hydrogen-bond acceptors (Lipinski definition) is 5. The normalized spacial score (nSPS) is 18.6. The van der Waals surface area contributed by atoms with Crippen LogP contribution in [0.4, 0.5) is 0 Å². The molecule has 1 aromatic carbocycles. The molecule has 1 saturated heterocycles. The lowest BCUT2D eigenvalue weighted by Gasteiger charge is -2.27. The summed E-state index contributed by atoms with van der Waals surface area (Å²) in [4.78, 5) is 14.5. The molecule has 25 heavy (non-hydrogen) atoms. The van der Waals surface area contributed by atoms with Gasteiger partial charge in [-0.1, -0.05) is 17.7 Å². The van der Waals surface area contributed by atoms with Crippen molar-refractivity contribution in [2.45, 2.75) is 19.4 Å². The predicted octanol–water partition coefficient (Wildman–Crippen LogP) is 2.56. The Morgan fingerprint density at radius 1 is 1.48 bits per heavy atom. The summed E-state index contributed by atoms with van der Waals surface area (Å²) in [6.07, 6.45) is 2.00. The molecular weight excluding hydrogens is 366 g/mol. The van der Waals surface area contributed by atoms with Crippen LogP contribution in [0.15, 0.2) is 24.8 Å². The van der Waals surface area contributed by atoms with E-state index in [1.165, 1.54) is 18.1 Å². The maximum absolute atomic E-state index is 13.0. The van der Waals surface area contributed by atoms with Gasteiger partial charge in [0, 0.05) is 18.2 Å². The standard InChI is InChI=1S/C17H22ClNO5S/c1-4-7-19(13-6-8-25(21,22)11-13)17(20)12-9-14(18)16(24-5-2)15(10-12)23-3/h4,9-10,13H,1,5-8,11H2,2-3H3/t13-/m1/s1. The largest absolute Gasteiger partial charge is 0.493 e. The molecule has 0 spiro atoms. The van der Waals surface area contributed by atoms with E-state index in [-0.39, 0.29) is 35.0 Å². The van der Waals surface area contributed by atoms with Crippen LogP contribution in [0.3, 0.4) is 0 Å². The number of sulfone groups is 1. The van der Waals surface area contributed by atoms with Crippen LogP contribution in [-0.2, 0) is 9.84 Å². The van der Waals surface area contributed by atoms with Crippen LogP contribution < -0.4 is 9.47 Å². The first-order chi connectivity index (χ1) is 11.8. The smallest absolute Gasteiger partial charge is 0.254 e. The average molecular weight is 388 g/mol. The molecule has 0 bridgehead atoms. The molecule has 2 rings (SSSR count). The summed E-state index contributed by atoms with van der Waals surface area (Å²) in [6.45, 7) is 6.15. The predicted molar refractivity (Wildman–Crippen MR) is 97.5 cm³/mol. The summed E-state index contributed by atoms with van der Waals surface area (Å²) >= 11 is 6.23. The second-order valence-corrected chi connectivity index (χ2v) is 8.36. The van der Waals surface area contributed by atoms with E-state index in [2.05, 4.69) is 6.58 Å². The number of carbonyl (C=O) groups is 1. The van der Waals surface area contributed by atoms with E-state index < -0.39 is 9.84 Å². The number of nitrogens with zero attached hydrogens (tertiary/aromatic N) is 1. The molecule has 0 N–H and O–H groups in total. The molecule has 138 valence electrons. The third-order valence-electron chi connectivity index (χ3n) is 4.00. The van der Waals surface area contributed by atoms with E-state index in [4.69, 9.17) is 21.1 Å². The van der Waals surface area contributed by atoms with Crippen LogP contribution in [0.25, 0.3) is 0 Å². The van der Waals surface area contributed by atoms with Crippen molar-refractivity contribution in [3.8, 4) is 11.5 Å². The first-order valence-electron chi connectivity index (χ1n) is 7.95. The van der Waals surface area contributed by atoms with Gasteiger partial charge in [-0.25, -0.2) is 8.42 Å². The molecule has 0 radical (unpaired) electrons. The first-order valence-corrected chi connectivity index (χ1v) is 10.2. The van der Waals surface area contributed by atoms with Gasteiger partial charge in [-0.2, -0.15) is 0 Å². The second-order valence-electron chi connectivity index (χ2n) is 5.73. The minimum atomic E-state index is -3.11. The van der Waals surface area contributed by atoms with Crippen molar-refractivity contribution < 1.29 is 22.7 Å². The van der Waals surface area contributed by atoms with Gasteiger partial charge < -0.3 is 14.4 Å². The molecule has 1 aliphatic heterocycles. The van der Waals surface area contributed by atoms with Gasteiger partial charge in [0.25, 0.3) is 5.91 Å². The monoisotopic (exact) mass is 387 g/mol. The molecule has 8 heteroatoms. The molecule has 1 amide bonds. The SMILES string of the molecule is C=CCN(C(=O)c1cc(Cl)c(OCC)c(OC)c1)[C@@H]1CCS(=O)(=O)C1. The third kappa shape index (κ3) is 4.46. The molecule has 1 aromatic rings. The Kier molecular flexibility index (Phi) is 6.35. The fourth-order valence-electron chi connectivity index (χ4n) is 2.85. The Balaban J connectivity index is 2.36.